The van der Waals surface area contributed by atoms with Crippen LogP contribution >= 0.6 is 12.4 Å². The zero-order chi connectivity index (χ0) is 15.8. The van der Waals surface area contributed by atoms with Gasteiger partial charge in [-0.2, -0.15) is 0 Å². The highest BCUT2D eigenvalue weighted by Gasteiger charge is 2.23. The van der Waals surface area contributed by atoms with Gasteiger partial charge in [-0.25, -0.2) is 0 Å². The van der Waals surface area contributed by atoms with E-state index >= 15 is 0 Å². The molecule has 0 aliphatic rings. The second-order valence-corrected chi connectivity index (χ2v) is 5.96. The van der Waals surface area contributed by atoms with Gasteiger partial charge in [0.25, 0.3) is 5.91 Å². The molecule has 0 aliphatic heterocycles. The molecule has 0 saturated carbocycles. The number of nitrogens with zero attached hydrogens (tertiary/aromatic N) is 2. The molecule has 0 atom stereocenters. The van der Waals surface area contributed by atoms with E-state index in [9.17, 15) is 4.79 Å². The van der Waals surface area contributed by atoms with E-state index in [-0.39, 0.29) is 18.3 Å². The fourth-order valence-corrected chi connectivity index (χ4v) is 2.23. The molecule has 2 heterocycles. The van der Waals surface area contributed by atoms with Crippen LogP contribution in [-0.4, -0.2) is 27.7 Å². The average Bonchev–Trinajstić information content (AvgIpc) is 2.93. The van der Waals surface area contributed by atoms with Gasteiger partial charge in [0.05, 0.1) is 5.56 Å². The number of aromatic nitrogens is 2. The number of carbonyl (C=O) groups is 1. The molecule has 22 heavy (non-hydrogen) atoms. The number of nitrogens with one attached hydrogen (secondary N) is 1. The van der Waals surface area contributed by atoms with Gasteiger partial charge >= 0.3 is 0 Å². The summed E-state index contributed by atoms with van der Waals surface area (Å²) in [5, 5.41) is 6.95. The molecule has 2 aromatic rings. The summed E-state index contributed by atoms with van der Waals surface area (Å²) in [4.78, 5) is 12.4. The van der Waals surface area contributed by atoms with Crippen molar-refractivity contribution in [3.63, 3.8) is 0 Å². The molecule has 0 bridgehead atoms. The van der Waals surface area contributed by atoms with E-state index in [4.69, 9.17) is 10.3 Å². The van der Waals surface area contributed by atoms with Crippen molar-refractivity contribution in [2.45, 2.75) is 40.2 Å². The van der Waals surface area contributed by atoms with Crippen molar-refractivity contribution in [1.82, 2.24) is 15.0 Å². The van der Waals surface area contributed by atoms with E-state index in [2.05, 4.69) is 10.5 Å². The minimum Gasteiger partial charge on any atom is -0.360 e. The number of aryl methyl sites for hydroxylation is 2. The summed E-state index contributed by atoms with van der Waals surface area (Å²) in [5.74, 6) is 1.28. The molecule has 0 fully saturated rings. The summed E-state index contributed by atoms with van der Waals surface area (Å²) in [6.45, 7) is 9.82. The normalized spacial score (nSPS) is 11.2. The van der Waals surface area contributed by atoms with Crippen LogP contribution in [0.25, 0.3) is 5.82 Å². The van der Waals surface area contributed by atoms with Crippen LogP contribution in [0.15, 0.2) is 16.7 Å². The summed E-state index contributed by atoms with van der Waals surface area (Å²) >= 11 is 0. The standard InChI is InChI=1S/C15H22N4O2.ClH/c1-9-6-12(14(20)17-15(4,5)8-16)11(3)19(9)13-7-10(2)21-18-13;/h6-7H,8,16H2,1-5H3,(H,17,20);1H. The molecule has 7 heteroatoms. The Hall–Kier alpha value is -1.79. The van der Waals surface area contributed by atoms with Gasteiger partial charge in [0.2, 0.25) is 0 Å². The number of halogens is 1. The van der Waals surface area contributed by atoms with Crippen molar-refractivity contribution in [2.75, 3.05) is 6.54 Å². The molecular weight excluding hydrogens is 304 g/mol. The third kappa shape index (κ3) is 3.51. The Kier molecular flexibility index (Phi) is 5.43. The second kappa shape index (κ2) is 6.54. The lowest BCUT2D eigenvalue weighted by molar-refractivity contribution is 0.0915. The lowest BCUT2D eigenvalue weighted by Crippen LogP contribution is -2.48. The summed E-state index contributed by atoms with van der Waals surface area (Å²) in [6.07, 6.45) is 0. The van der Waals surface area contributed by atoms with Gasteiger partial charge in [-0.3, -0.25) is 9.36 Å². The molecule has 2 aromatic heterocycles. The van der Waals surface area contributed by atoms with Crippen LogP contribution in [0.1, 0.15) is 41.4 Å². The van der Waals surface area contributed by atoms with Crippen molar-refractivity contribution in [3.8, 4) is 5.82 Å². The topological polar surface area (TPSA) is 86.1 Å². The Bertz CT molecular complexity index is 673. The van der Waals surface area contributed by atoms with E-state index < -0.39 is 5.54 Å². The third-order valence-corrected chi connectivity index (χ3v) is 3.48. The third-order valence-electron chi connectivity index (χ3n) is 3.48. The Morgan fingerprint density at radius 1 is 1.36 bits per heavy atom. The van der Waals surface area contributed by atoms with Gasteiger partial charge in [0.15, 0.2) is 5.82 Å². The molecule has 0 unspecified atom stereocenters. The van der Waals surface area contributed by atoms with Crippen molar-refractivity contribution < 1.29 is 9.32 Å². The first-order valence-electron chi connectivity index (χ1n) is 6.90. The molecule has 122 valence electrons. The highest BCUT2D eigenvalue weighted by molar-refractivity contribution is 5.96. The summed E-state index contributed by atoms with van der Waals surface area (Å²) in [7, 11) is 0. The molecule has 0 spiro atoms. The van der Waals surface area contributed by atoms with E-state index in [1.165, 1.54) is 0 Å². The molecule has 0 saturated heterocycles. The van der Waals surface area contributed by atoms with Gasteiger partial charge in [-0.1, -0.05) is 5.16 Å². The number of rotatable bonds is 4. The van der Waals surface area contributed by atoms with Gasteiger partial charge in [0, 0.05) is 29.5 Å². The molecule has 0 radical (unpaired) electrons. The van der Waals surface area contributed by atoms with Gasteiger partial charge in [0.1, 0.15) is 5.76 Å². The monoisotopic (exact) mass is 326 g/mol. The smallest absolute Gasteiger partial charge is 0.253 e. The first-order chi connectivity index (χ1) is 9.75. The maximum Gasteiger partial charge on any atom is 0.253 e. The predicted molar refractivity (Wildman–Crippen MR) is 87.9 cm³/mol. The largest absolute Gasteiger partial charge is 0.360 e. The average molecular weight is 327 g/mol. The van der Waals surface area contributed by atoms with E-state index in [1.807, 2.05) is 51.3 Å². The first-order valence-corrected chi connectivity index (χ1v) is 6.90. The van der Waals surface area contributed by atoms with Crippen molar-refractivity contribution >= 4 is 18.3 Å². The zero-order valence-corrected chi connectivity index (χ0v) is 14.4. The van der Waals surface area contributed by atoms with Gasteiger partial charge in [-0.05, 0) is 40.7 Å². The second-order valence-electron chi connectivity index (χ2n) is 5.96. The maximum atomic E-state index is 12.4. The highest BCUT2D eigenvalue weighted by Crippen LogP contribution is 2.21. The number of hydrogen-bond donors (Lipinski definition) is 2. The fraction of sp³-hybridized carbons (Fsp3) is 0.467. The number of carbonyl (C=O) groups excluding carboxylic acids is 1. The van der Waals surface area contributed by atoms with Crippen LogP contribution in [-0.2, 0) is 0 Å². The summed E-state index contributed by atoms with van der Waals surface area (Å²) in [6, 6.07) is 3.69. The predicted octanol–water partition coefficient (Wildman–Crippen LogP) is 2.28. The highest BCUT2D eigenvalue weighted by atomic mass is 35.5. The van der Waals surface area contributed by atoms with Crippen LogP contribution in [0.4, 0.5) is 0 Å². The molecule has 6 nitrogen and oxygen atoms in total. The maximum absolute atomic E-state index is 12.4. The lowest BCUT2D eigenvalue weighted by atomic mass is 10.1. The Morgan fingerprint density at radius 2 is 2.00 bits per heavy atom. The van der Waals surface area contributed by atoms with Crippen LogP contribution in [0.5, 0.6) is 0 Å². The van der Waals surface area contributed by atoms with E-state index in [1.54, 1.807) is 0 Å². The van der Waals surface area contributed by atoms with E-state index in [0.29, 0.717) is 17.9 Å². The molecule has 1 amide bonds. The van der Waals surface area contributed by atoms with Crippen LogP contribution < -0.4 is 11.1 Å². The SMILES string of the molecule is Cc1cc(-n2c(C)cc(C(=O)NC(C)(C)CN)c2C)no1.Cl. The number of amides is 1. The van der Waals surface area contributed by atoms with E-state index in [0.717, 1.165) is 17.1 Å². The molecule has 0 aromatic carbocycles. The number of nitrogens with two attached hydrogens (primary N) is 1. The van der Waals surface area contributed by atoms with Crippen LogP contribution in [0, 0.1) is 20.8 Å². The molecular formula is C15H23ClN4O2. The molecule has 3 N–H and O–H groups in total. The van der Waals surface area contributed by atoms with Crippen molar-refractivity contribution in [3.05, 3.63) is 34.8 Å². The Balaban J connectivity index is 0.00000242. The van der Waals surface area contributed by atoms with Crippen molar-refractivity contribution in [1.29, 1.82) is 0 Å². The minimum absolute atomic E-state index is 0. The van der Waals surface area contributed by atoms with Crippen molar-refractivity contribution in [2.24, 2.45) is 5.73 Å². The van der Waals surface area contributed by atoms with Crippen LogP contribution in [0.2, 0.25) is 0 Å². The molecule has 0 aliphatic carbocycles. The zero-order valence-electron chi connectivity index (χ0n) is 13.6. The fourth-order valence-electron chi connectivity index (χ4n) is 2.23. The molecule has 2 rings (SSSR count). The van der Waals surface area contributed by atoms with Crippen LogP contribution in [0.3, 0.4) is 0 Å². The quantitative estimate of drug-likeness (QED) is 0.902. The summed E-state index contributed by atoms with van der Waals surface area (Å²) in [5.41, 5.74) is 7.59. The van der Waals surface area contributed by atoms with Gasteiger partial charge in [-0.15, -0.1) is 12.4 Å². The first kappa shape index (κ1) is 18.3. The Morgan fingerprint density at radius 3 is 2.50 bits per heavy atom. The summed E-state index contributed by atoms with van der Waals surface area (Å²) < 4.78 is 7.01. The lowest BCUT2D eigenvalue weighted by Gasteiger charge is -2.24. The number of hydrogen-bond acceptors (Lipinski definition) is 4. The minimum atomic E-state index is -0.440. The van der Waals surface area contributed by atoms with Gasteiger partial charge < -0.3 is 15.6 Å². The Labute approximate surface area is 136 Å².